The molecular weight excluding hydrogens is 180 g/mol. The SMILES string of the molecule is Cc1ccc(COCC(O)CO)cc1. The second kappa shape index (κ2) is 5.75. The number of aliphatic hydroxyl groups is 2. The van der Waals surface area contributed by atoms with Gasteiger partial charge in [-0.05, 0) is 12.5 Å². The second-order valence-electron chi connectivity index (χ2n) is 3.34. The number of benzene rings is 1. The topological polar surface area (TPSA) is 49.7 Å². The molecule has 2 N–H and O–H groups in total. The Labute approximate surface area is 84.0 Å². The van der Waals surface area contributed by atoms with Crippen LogP contribution in [-0.4, -0.2) is 29.5 Å². The Balaban J connectivity index is 2.28. The number of hydrogen-bond donors (Lipinski definition) is 2. The van der Waals surface area contributed by atoms with Gasteiger partial charge in [0, 0.05) is 0 Å². The van der Waals surface area contributed by atoms with E-state index in [4.69, 9.17) is 14.9 Å². The first-order chi connectivity index (χ1) is 6.72. The predicted octanol–water partition coefficient (Wildman–Crippen LogP) is 0.865. The molecule has 1 unspecified atom stereocenters. The number of hydrogen-bond acceptors (Lipinski definition) is 3. The van der Waals surface area contributed by atoms with Gasteiger partial charge >= 0.3 is 0 Å². The zero-order chi connectivity index (χ0) is 10.4. The molecule has 0 saturated carbocycles. The average molecular weight is 196 g/mol. The minimum absolute atomic E-state index is 0.171. The predicted molar refractivity (Wildman–Crippen MR) is 53.9 cm³/mol. The van der Waals surface area contributed by atoms with E-state index in [9.17, 15) is 0 Å². The molecule has 0 radical (unpaired) electrons. The van der Waals surface area contributed by atoms with Crippen LogP contribution in [-0.2, 0) is 11.3 Å². The molecule has 0 fully saturated rings. The Hall–Kier alpha value is -0.900. The van der Waals surface area contributed by atoms with Gasteiger partial charge < -0.3 is 14.9 Å². The van der Waals surface area contributed by atoms with Crippen LogP contribution in [0.1, 0.15) is 11.1 Å². The smallest absolute Gasteiger partial charge is 0.100 e. The number of rotatable bonds is 5. The van der Waals surface area contributed by atoms with Crippen LogP contribution in [0.2, 0.25) is 0 Å². The lowest BCUT2D eigenvalue weighted by Crippen LogP contribution is -2.19. The van der Waals surface area contributed by atoms with E-state index in [-0.39, 0.29) is 13.2 Å². The molecule has 0 aliphatic carbocycles. The minimum atomic E-state index is -0.777. The van der Waals surface area contributed by atoms with Gasteiger partial charge in [0.15, 0.2) is 0 Å². The van der Waals surface area contributed by atoms with Crippen LogP contribution in [0.3, 0.4) is 0 Å². The van der Waals surface area contributed by atoms with Crippen molar-refractivity contribution in [1.29, 1.82) is 0 Å². The van der Waals surface area contributed by atoms with Gasteiger partial charge in [0.1, 0.15) is 6.10 Å². The van der Waals surface area contributed by atoms with Crippen molar-refractivity contribution in [3.8, 4) is 0 Å². The quantitative estimate of drug-likeness (QED) is 0.734. The van der Waals surface area contributed by atoms with Crippen molar-refractivity contribution in [2.24, 2.45) is 0 Å². The van der Waals surface area contributed by atoms with Gasteiger partial charge in [-0.25, -0.2) is 0 Å². The van der Waals surface area contributed by atoms with Crippen LogP contribution < -0.4 is 0 Å². The zero-order valence-corrected chi connectivity index (χ0v) is 8.31. The fourth-order valence-corrected chi connectivity index (χ4v) is 1.05. The van der Waals surface area contributed by atoms with Crippen LogP contribution >= 0.6 is 0 Å². The summed E-state index contributed by atoms with van der Waals surface area (Å²) in [5, 5.41) is 17.5. The Bertz CT molecular complexity index is 256. The maximum absolute atomic E-state index is 9.01. The van der Waals surface area contributed by atoms with Crippen molar-refractivity contribution in [2.45, 2.75) is 19.6 Å². The first-order valence-corrected chi connectivity index (χ1v) is 4.64. The molecule has 3 nitrogen and oxygen atoms in total. The van der Waals surface area contributed by atoms with Crippen LogP contribution in [0, 0.1) is 6.92 Å². The number of aliphatic hydroxyl groups excluding tert-OH is 2. The largest absolute Gasteiger partial charge is 0.394 e. The molecule has 14 heavy (non-hydrogen) atoms. The first kappa shape index (κ1) is 11.2. The molecule has 0 aliphatic rings. The van der Waals surface area contributed by atoms with Gasteiger partial charge in [-0.2, -0.15) is 0 Å². The molecule has 1 aromatic rings. The van der Waals surface area contributed by atoms with Crippen molar-refractivity contribution in [2.75, 3.05) is 13.2 Å². The van der Waals surface area contributed by atoms with E-state index in [2.05, 4.69) is 0 Å². The van der Waals surface area contributed by atoms with Gasteiger partial charge in [-0.15, -0.1) is 0 Å². The fourth-order valence-electron chi connectivity index (χ4n) is 1.05. The summed E-state index contributed by atoms with van der Waals surface area (Å²) in [6, 6.07) is 8.00. The van der Waals surface area contributed by atoms with Gasteiger partial charge in [-0.1, -0.05) is 29.8 Å². The van der Waals surface area contributed by atoms with Gasteiger partial charge in [0.25, 0.3) is 0 Å². The van der Waals surface area contributed by atoms with E-state index in [1.54, 1.807) is 0 Å². The third-order valence-electron chi connectivity index (χ3n) is 1.91. The molecule has 1 aromatic carbocycles. The molecule has 0 aliphatic heterocycles. The Morgan fingerprint density at radius 3 is 2.50 bits per heavy atom. The highest BCUT2D eigenvalue weighted by atomic mass is 16.5. The van der Waals surface area contributed by atoms with Gasteiger partial charge in [0.2, 0.25) is 0 Å². The highest BCUT2D eigenvalue weighted by Crippen LogP contribution is 2.04. The summed E-state index contributed by atoms with van der Waals surface area (Å²) in [6.07, 6.45) is -0.777. The van der Waals surface area contributed by atoms with Crippen LogP contribution in [0.5, 0.6) is 0 Å². The monoisotopic (exact) mass is 196 g/mol. The summed E-state index contributed by atoms with van der Waals surface area (Å²) in [6.45, 7) is 2.41. The third kappa shape index (κ3) is 3.87. The van der Waals surface area contributed by atoms with Crippen LogP contribution in [0.15, 0.2) is 24.3 Å². The maximum atomic E-state index is 9.01. The molecule has 0 heterocycles. The highest BCUT2D eigenvalue weighted by molar-refractivity contribution is 5.20. The molecule has 1 atom stereocenters. The molecule has 1 rings (SSSR count). The molecule has 0 spiro atoms. The Kier molecular flexibility index (Phi) is 4.59. The van der Waals surface area contributed by atoms with Gasteiger partial charge in [-0.3, -0.25) is 0 Å². The molecule has 0 bridgehead atoms. The summed E-state index contributed by atoms with van der Waals surface area (Å²) in [4.78, 5) is 0. The van der Waals surface area contributed by atoms with E-state index in [1.165, 1.54) is 5.56 Å². The van der Waals surface area contributed by atoms with Crippen molar-refractivity contribution in [3.05, 3.63) is 35.4 Å². The lowest BCUT2D eigenvalue weighted by Gasteiger charge is -2.08. The normalized spacial score (nSPS) is 12.8. The number of aryl methyl sites for hydroxylation is 1. The molecule has 0 saturated heterocycles. The first-order valence-electron chi connectivity index (χ1n) is 4.64. The Morgan fingerprint density at radius 2 is 1.93 bits per heavy atom. The summed E-state index contributed by atoms with van der Waals surface area (Å²) in [5.74, 6) is 0. The standard InChI is InChI=1S/C11H16O3/c1-9-2-4-10(5-3-9)7-14-8-11(13)6-12/h2-5,11-13H,6-8H2,1H3. The van der Waals surface area contributed by atoms with E-state index in [1.807, 2.05) is 31.2 Å². The summed E-state index contributed by atoms with van der Waals surface area (Å²) < 4.78 is 5.20. The lowest BCUT2D eigenvalue weighted by atomic mass is 10.2. The molecular formula is C11H16O3. The molecule has 3 heteroatoms. The number of ether oxygens (including phenoxy) is 1. The van der Waals surface area contributed by atoms with Crippen molar-refractivity contribution in [3.63, 3.8) is 0 Å². The second-order valence-corrected chi connectivity index (χ2v) is 3.34. The summed E-state index contributed by atoms with van der Waals surface area (Å²) in [5.41, 5.74) is 2.28. The lowest BCUT2D eigenvalue weighted by molar-refractivity contribution is 0.0000231. The van der Waals surface area contributed by atoms with Crippen molar-refractivity contribution in [1.82, 2.24) is 0 Å². The van der Waals surface area contributed by atoms with Crippen LogP contribution in [0.25, 0.3) is 0 Å². The molecule has 0 aromatic heterocycles. The average Bonchev–Trinajstić information content (AvgIpc) is 2.21. The van der Waals surface area contributed by atoms with E-state index in [0.717, 1.165) is 5.56 Å². The fraction of sp³-hybridized carbons (Fsp3) is 0.455. The third-order valence-corrected chi connectivity index (χ3v) is 1.91. The van der Waals surface area contributed by atoms with Gasteiger partial charge in [0.05, 0.1) is 19.8 Å². The maximum Gasteiger partial charge on any atom is 0.100 e. The van der Waals surface area contributed by atoms with Crippen LogP contribution in [0.4, 0.5) is 0 Å². The van der Waals surface area contributed by atoms with Crippen molar-refractivity contribution < 1.29 is 14.9 Å². The Morgan fingerprint density at radius 1 is 1.29 bits per heavy atom. The van der Waals surface area contributed by atoms with Crippen molar-refractivity contribution >= 4 is 0 Å². The van der Waals surface area contributed by atoms with E-state index >= 15 is 0 Å². The van der Waals surface area contributed by atoms with E-state index < -0.39 is 6.10 Å². The summed E-state index contributed by atoms with van der Waals surface area (Å²) >= 11 is 0. The zero-order valence-electron chi connectivity index (χ0n) is 8.31. The van der Waals surface area contributed by atoms with E-state index in [0.29, 0.717) is 6.61 Å². The minimum Gasteiger partial charge on any atom is -0.394 e. The molecule has 78 valence electrons. The summed E-state index contributed by atoms with van der Waals surface area (Å²) in [7, 11) is 0. The highest BCUT2D eigenvalue weighted by Gasteiger charge is 2.01. The molecule has 0 amide bonds.